The van der Waals surface area contributed by atoms with Gasteiger partial charge in [0.15, 0.2) is 0 Å². The number of hydrogen-bond donors (Lipinski definition) is 1. The third-order valence-corrected chi connectivity index (χ3v) is 1.33. The van der Waals surface area contributed by atoms with E-state index in [1.54, 1.807) is 6.33 Å². The van der Waals surface area contributed by atoms with Crippen LogP contribution in [0.1, 0.15) is 0 Å². The van der Waals surface area contributed by atoms with Crippen LogP contribution in [-0.4, -0.2) is 18.4 Å². The van der Waals surface area contributed by atoms with Gasteiger partial charge >= 0.3 is 8.26 Å². The lowest BCUT2D eigenvalue weighted by Gasteiger charge is -1.81. The van der Waals surface area contributed by atoms with Crippen LogP contribution in [0, 0.1) is 0 Å². The van der Waals surface area contributed by atoms with Crippen LogP contribution in [0.3, 0.4) is 0 Å². The zero-order valence-corrected chi connectivity index (χ0v) is 9.14. The average molecular weight is 253 g/mol. The number of hydrogen-bond acceptors (Lipinski definition) is 3. The number of para-hydroxylation sites is 2. The van der Waals surface area contributed by atoms with Crippen molar-refractivity contribution >= 4 is 40.7 Å². The molecule has 0 atom stereocenters. The first-order valence-corrected chi connectivity index (χ1v) is 6.63. The molecule has 4 nitrogen and oxygen atoms in total. The molecule has 1 heterocycles. The number of fused-ring (bicyclic) bond motifs is 1. The molecule has 1 aromatic carbocycles. The molecule has 1 aromatic heterocycles. The first-order valence-electron chi connectivity index (χ1n) is 3.49. The molecule has 14 heavy (non-hydrogen) atoms. The second-order valence-electron chi connectivity index (χ2n) is 2.30. The van der Waals surface area contributed by atoms with Crippen LogP contribution >= 0.6 is 21.4 Å². The lowest BCUT2D eigenvalue weighted by Crippen LogP contribution is -1.63. The van der Waals surface area contributed by atoms with Gasteiger partial charge in [-0.3, -0.25) is 0 Å². The van der Waals surface area contributed by atoms with E-state index < -0.39 is 8.26 Å². The van der Waals surface area contributed by atoms with Gasteiger partial charge in [-0.05, 0) is 12.1 Å². The zero-order chi connectivity index (χ0) is 10.6. The van der Waals surface area contributed by atoms with Crippen molar-refractivity contribution < 1.29 is 8.42 Å². The topological polar surface area (TPSA) is 62.8 Å². The summed E-state index contributed by atoms with van der Waals surface area (Å²) in [6.45, 7) is 0. The van der Waals surface area contributed by atoms with Crippen LogP contribution in [0.15, 0.2) is 30.6 Å². The number of rotatable bonds is 0. The van der Waals surface area contributed by atoms with Gasteiger partial charge < -0.3 is 4.98 Å². The van der Waals surface area contributed by atoms with Gasteiger partial charge in [0.2, 0.25) is 0 Å². The van der Waals surface area contributed by atoms with Gasteiger partial charge in [-0.2, -0.15) is 8.42 Å². The quantitative estimate of drug-likeness (QED) is 0.732. The number of H-pyrrole nitrogens is 1. The minimum atomic E-state index is -3.72. The molecular weight excluding hydrogens is 247 g/mol. The third kappa shape index (κ3) is 4.45. The van der Waals surface area contributed by atoms with E-state index in [2.05, 4.69) is 31.3 Å². The number of imidazole rings is 1. The van der Waals surface area contributed by atoms with Gasteiger partial charge in [-0.1, -0.05) is 12.1 Å². The van der Waals surface area contributed by atoms with Crippen molar-refractivity contribution in [3.8, 4) is 0 Å². The van der Waals surface area contributed by atoms with Gasteiger partial charge in [0.25, 0.3) is 0 Å². The predicted molar refractivity (Wildman–Crippen MR) is 56.7 cm³/mol. The number of halogens is 2. The minimum absolute atomic E-state index is 1.03. The number of nitrogens with one attached hydrogen (secondary N) is 1. The van der Waals surface area contributed by atoms with Gasteiger partial charge in [-0.25, -0.2) is 4.98 Å². The number of aromatic nitrogens is 2. The Morgan fingerprint density at radius 2 is 1.79 bits per heavy atom. The number of aromatic amines is 1. The summed E-state index contributed by atoms with van der Waals surface area (Å²) in [6.07, 6.45) is 1.70. The fourth-order valence-corrected chi connectivity index (χ4v) is 0.880. The lowest BCUT2D eigenvalue weighted by molar-refractivity contribution is 0.621. The fourth-order valence-electron chi connectivity index (χ4n) is 0.880. The third-order valence-electron chi connectivity index (χ3n) is 1.33. The Bertz CT molecular complexity index is 471. The molecule has 0 saturated carbocycles. The summed E-state index contributed by atoms with van der Waals surface area (Å²) >= 11 is 0. The van der Waals surface area contributed by atoms with Gasteiger partial charge in [0, 0.05) is 21.4 Å². The molecule has 0 aliphatic heterocycles. The average Bonchev–Trinajstić information content (AvgIpc) is 2.47. The fraction of sp³-hybridized carbons (Fsp3) is 0. The van der Waals surface area contributed by atoms with Crippen molar-refractivity contribution in [2.24, 2.45) is 0 Å². The SMILES string of the molecule is O=S(=O)(Cl)Cl.c1ccc2[nH]cnc2c1. The van der Waals surface area contributed by atoms with Gasteiger partial charge in [0.05, 0.1) is 17.4 Å². The molecule has 0 saturated heterocycles. The summed E-state index contributed by atoms with van der Waals surface area (Å²) in [6, 6.07) is 7.94. The van der Waals surface area contributed by atoms with E-state index in [-0.39, 0.29) is 0 Å². The molecule has 0 spiro atoms. The summed E-state index contributed by atoms with van der Waals surface area (Å²) in [7, 11) is 4.81. The van der Waals surface area contributed by atoms with Crippen molar-refractivity contribution in [1.82, 2.24) is 9.97 Å². The van der Waals surface area contributed by atoms with E-state index in [1.165, 1.54) is 0 Å². The Labute approximate surface area is 89.8 Å². The molecule has 2 rings (SSSR count). The highest BCUT2D eigenvalue weighted by Gasteiger charge is 1.89. The van der Waals surface area contributed by atoms with Crippen molar-refractivity contribution in [1.29, 1.82) is 0 Å². The first kappa shape index (κ1) is 11.3. The highest BCUT2D eigenvalue weighted by Crippen LogP contribution is 2.05. The van der Waals surface area contributed by atoms with E-state index in [0.717, 1.165) is 11.0 Å². The standard InChI is InChI=1S/C7H6N2.Cl2O2S/c1-2-4-7-6(3-1)8-5-9-7;1-5(2,3)4/h1-5H,(H,8,9);. The zero-order valence-electron chi connectivity index (χ0n) is 6.81. The van der Waals surface area contributed by atoms with Gasteiger partial charge in [-0.15, -0.1) is 0 Å². The van der Waals surface area contributed by atoms with Gasteiger partial charge in [0.1, 0.15) is 0 Å². The maximum absolute atomic E-state index is 9.16. The van der Waals surface area contributed by atoms with Crippen LogP contribution in [0.2, 0.25) is 0 Å². The summed E-state index contributed by atoms with van der Waals surface area (Å²) in [5.74, 6) is 0. The smallest absolute Gasteiger partial charge is 0.317 e. The highest BCUT2D eigenvalue weighted by molar-refractivity contribution is 8.31. The molecule has 0 fully saturated rings. The molecule has 0 radical (unpaired) electrons. The number of benzene rings is 1. The van der Waals surface area contributed by atoms with E-state index in [4.69, 9.17) is 8.42 Å². The molecule has 0 amide bonds. The van der Waals surface area contributed by atoms with Crippen LogP contribution in [-0.2, 0) is 8.26 Å². The van der Waals surface area contributed by atoms with E-state index in [1.807, 2.05) is 24.3 Å². The molecular formula is C7H6Cl2N2O2S. The number of nitrogens with zero attached hydrogens (tertiary/aromatic N) is 1. The molecule has 0 unspecified atom stereocenters. The van der Waals surface area contributed by atoms with Crippen molar-refractivity contribution in [3.05, 3.63) is 30.6 Å². The Kier molecular flexibility index (Phi) is 3.74. The van der Waals surface area contributed by atoms with Crippen molar-refractivity contribution in [3.63, 3.8) is 0 Å². The normalized spacial score (nSPS) is 10.7. The Morgan fingerprint density at radius 1 is 1.21 bits per heavy atom. The Balaban J connectivity index is 0.000000171. The predicted octanol–water partition coefficient (Wildman–Crippen LogP) is 2.27. The Hall–Kier alpha value is -0.780. The molecule has 0 aliphatic carbocycles. The molecule has 1 N–H and O–H groups in total. The van der Waals surface area contributed by atoms with E-state index in [9.17, 15) is 0 Å². The second kappa shape index (κ2) is 4.63. The second-order valence-corrected chi connectivity index (χ2v) is 5.97. The molecule has 76 valence electrons. The largest absolute Gasteiger partial charge is 0.345 e. The van der Waals surface area contributed by atoms with E-state index in [0.29, 0.717) is 0 Å². The monoisotopic (exact) mass is 252 g/mol. The van der Waals surface area contributed by atoms with Crippen LogP contribution in [0.5, 0.6) is 0 Å². The molecule has 7 heteroatoms. The molecule has 2 aromatic rings. The first-order chi connectivity index (χ1) is 6.47. The van der Waals surface area contributed by atoms with Crippen molar-refractivity contribution in [2.45, 2.75) is 0 Å². The maximum Gasteiger partial charge on any atom is 0.317 e. The van der Waals surface area contributed by atoms with Crippen LogP contribution in [0.25, 0.3) is 11.0 Å². The lowest BCUT2D eigenvalue weighted by atomic mass is 10.3. The summed E-state index contributed by atoms with van der Waals surface area (Å²) in [5.41, 5.74) is 2.12. The molecule has 0 aliphatic rings. The minimum Gasteiger partial charge on any atom is -0.345 e. The highest BCUT2D eigenvalue weighted by atomic mass is 36.0. The summed E-state index contributed by atoms with van der Waals surface area (Å²) < 4.78 is 18.3. The molecule has 0 bridgehead atoms. The Morgan fingerprint density at radius 3 is 2.36 bits per heavy atom. The summed E-state index contributed by atoms with van der Waals surface area (Å²) in [5, 5.41) is 0. The maximum atomic E-state index is 9.16. The van der Waals surface area contributed by atoms with Crippen LogP contribution < -0.4 is 0 Å². The van der Waals surface area contributed by atoms with Crippen molar-refractivity contribution in [2.75, 3.05) is 0 Å². The summed E-state index contributed by atoms with van der Waals surface area (Å²) in [4.78, 5) is 7.07. The van der Waals surface area contributed by atoms with Crippen LogP contribution in [0.4, 0.5) is 0 Å². The van der Waals surface area contributed by atoms with E-state index >= 15 is 0 Å².